The number of hydrogen-bond donors (Lipinski definition) is 1. The average Bonchev–Trinajstić information content (AvgIpc) is 2.65. The normalized spacial score (nSPS) is 19.3. The largest absolute Gasteiger partial charge is 0.545 e. The first-order chi connectivity index (χ1) is 13.1. The maximum atomic E-state index is 14.0. The summed E-state index contributed by atoms with van der Waals surface area (Å²) in [6, 6.07) is 13.0. The van der Waals surface area contributed by atoms with Gasteiger partial charge in [0.05, 0.1) is 5.97 Å². The van der Waals surface area contributed by atoms with E-state index in [-0.39, 0.29) is 5.56 Å². The van der Waals surface area contributed by atoms with Crippen LogP contribution >= 0.6 is 0 Å². The zero-order valence-corrected chi connectivity index (χ0v) is 14.9. The van der Waals surface area contributed by atoms with Crippen LogP contribution in [0, 0.1) is 0 Å². The highest BCUT2D eigenvalue weighted by Crippen LogP contribution is 2.48. The number of fused-ring (bicyclic) bond motifs is 1. The molecule has 0 saturated heterocycles. The Bertz CT molecular complexity index is 1030. The molecule has 1 heterocycles. The molecule has 0 radical (unpaired) electrons. The quantitative estimate of drug-likeness (QED) is 0.805. The van der Waals surface area contributed by atoms with Gasteiger partial charge in [0.1, 0.15) is 5.75 Å². The lowest BCUT2D eigenvalue weighted by Crippen LogP contribution is -2.64. The van der Waals surface area contributed by atoms with Crippen LogP contribution in [0.25, 0.3) is 6.08 Å². The summed E-state index contributed by atoms with van der Waals surface area (Å²) in [5.41, 5.74) is -1.20. The van der Waals surface area contributed by atoms with Crippen molar-refractivity contribution < 1.29 is 36.2 Å². The molecule has 10 heteroatoms. The molecule has 1 unspecified atom stereocenters. The van der Waals surface area contributed by atoms with E-state index in [1.165, 1.54) is 30.3 Å². The van der Waals surface area contributed by atoms with Gasteiger partial charge in [0, 0.05) is 17.7 Å². The van der Waals surface area contributed by atoms with Crippen LogP contribution in [0.3, 0.4) is 0 Å². The summed E-state index contributed by atoms with van der Waals surface area (Å²) in [5.74, 6) is -2.73. The predicted octanol–water partition coefficient (Wildman–Crippen LogP) is 1.59. The number of carboxylic acid groups (broad SMARTS) is 1. The number of nitrogens with one attached hydrogen (secondary N) is 1. The van der Waals surface area contributed by atoms with Crippen LogP contribution in [0.1, 0.15) is 11.1 Å². The van der Waals surface area contributed by atoms with Crippen molar-refractivity contribution in [1.29, 1.82) is 0 Å². The zero-order chi connectivity index (χ0) is 20.6. The molecule has 6 nitrogen and oxygen atoms in total. The second-order valence-corrected chi connectivity index (χ2v) is 7.78. The van der Waals surface area contributed by atoms with E-state index in [1.807, 2.05) is 0 Å². The van der Waals surface area contributed by atoms with Gasteiger partial charge in [-0.25, -0.2) is 13.1 Å². The first kappa shape index (κ1) is 19.9. The minimum absolute atomic E-state index is 0.0140. The van der Waals surface area contributed by atoms with Crippen molar-refractivity contribution in [2.24, 2.45) is 0 Å². The van der Waals surface area contributed by atoms with Gasteiger partial charge in [-0.2, -0.15) is 13.2 Å². The van der Waals surface area contributed by atoms with Gasteiger partial charge in [-0.05, 0) is 17.7 Å². The van der Waals surface area contributed by atoms with Gasteiger partial charge in [-0.15, -0.1) is 0 Å². The Balaban J connectivity index is 2.14. The third-order valence-electron chi connectivity index (χ3n) is 4.11. The number of para-hydroxylation sites is 1. The number of ether oxygens (including phenoxy) is 1. The number of carboxylic acids is 1. The molecule has 1 N–H and O–H groups in total. The average molecular weight is 412 g/mol. The number of carbonyl (C=O) groups is 1. The van der Waals surface area contributed by atoms with Gasteiger partial charge < -0.3 is 14.6 Å². The van der Waals surface area contributed by atoms with E-state index in [2.05, 4.69) is 0 Å². The molecule has 0 amide bonds. The molecular weight excluding hydrogens is 399 g/mol. The lowest BCUT2D eigenvalue weighted by molar-refractivity contribution is -0.303. The first-order valence-corrected chi connectivity index (χ1v) is 9.38. The van der Waals surface area contributed by atoms with Crippen molar-refractivity contribution in [3.05, 3.63) is 71.3 Å². The Hall–Kier alpha value is -2.85. The molecule has 0 bridgehead atoms. The number of benzene rings is 2. The number of rotatable bonds is 5. The molecule has 28 heavy (non-hydrogen) atoms. The summed E-state index contributed by atoms with van der Waals surface area (Å²) in [6.07, 6.45) is -5.02. The zero-order valence-electron chi connectivity index (χ0n) is 14.1. The van der Waals surface area contributed by atoms with Gasteiger partial charge in [0.2, 0.25) is 0 Å². The molecule has 1 atom stereocenters. The summed E-state index contributed by atoms with van der Waals surface area (Å²) in [4.78, 5) is 7.33. The molecule has 2 aromatic rings. The molecule has 3 rings (SSSR count). The van der Waals surface area contributed by atoms with Crippen LogP contribution in [0.5, 0.6) is 5.75 Å². The van der Waals surface area contributed by atoms with Crippen molar-refractivity contribution in [3.8, 4) is 5.75 Å². The number of halogens is 3. The van der Waals surface area contributed by atoms with Gasteiger partial charge in [0.15, 0.2) is 0 Å². The van der Waals surface area contributed by atoms with Crippen LogP contribution in [-0.4, -0.2) is 25.5 Å². The van der Waals surface area contributed by atoms with Gasteiger partial charge in [-0.1, -0.05) is 48.5 Å². The lowest BCUT2D eigenvalue weighted by atomic mass is 10.0. The SMILES string of the molecule is O=C([O-])C1=Cc2ccccc2OC1(C(F)(F)F)S(=O)(=O)NCc1ccccc1. The van der Waals surface area contributed by atoms with E-state index in [0.717, 1.165) is 6.07 Å². The number of aliphatic carboxylic acids is 1. The van der Waals surface area contributed by atoms with Crippen molar-refractivity contribution in [3.63, 3.8) is 0 Å². The fraction of sp³-hybridized carbons (Fsp3) is 0.167. The molecular formula is C18H13F3NO5S-. The summed E-state index contributed by atoms with van der Waals surface area (Å²) in [5, 5.41) is 11.5. The number of hydrogen-bond acceptors (Lipinski definition) is 5. The number of carbonyl (C=O) groups excluding carboxylic acids is 1. The highest BCUT2D eigenvalue weighted by molar-refractivity contribution is 7.91. The molecule has 148 valence electrons. The maximum absolute atomic E-state index is 14.0. The lowest BCUT2D eigenvalue weighted by Gasteiger charge is -2.40. The van der Waals surface area contributed by atoms with E-state index < -0.39 is 45.0 Å². The van der Waals surface area contributed by atoms with Crippen molar-refractivity contribution in [1.82, 2.24) is 4.72 Å². The fourth-order valence-electron chi connectivity index (χ4n) is 2.78. The van der Waals surface area contributed by atoms with Gasteiger partial charge in [0.25, 0.3) is 10.0 Å². The summed E-state index contributed by atoms with van der Waals surface area (Å²) in [6.45, 7) is -0.494. The Morgan fingerprint density at radius 3 is 2.29 bits per heavy atom. The Labute approximate surface area is 158 Å². The highest BCUT2D eigenvalue weighted by atomic mass is 32.2. The minimum Gasteiger partial charge on any atom is -0.545 e. The van der Waals surface area contributed by atoms with E-state index >= 15 is 0 Å². The monoisotopic (exact) mass is 412 g/mol. The van der Waals surface area contributed by atoms with Crippen molar-refractivity contribution >= 4 is 22.1 Å². The Morgan fingerprint density at radius 2 is 1.68 bits per heavy atom. The maximum Gasteiger partial charge on any atom is 0.449 e. The minimum atomic E-state index is -5.62. The predicted molar refractivity (Wildman–Crippen MR) is 91.0 cm³/mol. The summed E-state index contributed by atoms with van der Waals surface area (Å²) < 4.78 is 74.3. The van der Waals surface area contributed by atoms with Crippen LogP contribution in [0.15, 0.2) is 60.2 Å². The second-order valence-electron chi connectivity index (χ2n) is 5.91. The standard InChI is InChI=1S/C18H14F3NO5S/c19-18(20,21)17(28(25,26)22-11-12-6-2-1-3-7-12)14(16(23)24)10-13-8-4-5-9-15(13)27-17/h1-10,22H,11H2,(H,23,24)/p-1. The molecule has 0 saturated carbocycles. The summed E-state index contributed by atoms with van der Waals surface area (Å²) >= 11 is 0. The fourth-order valence-corrected chi connectivity index (χ4v) is 4.28. The smallest absolute Gasteiger partial charge is 0.449 e. The van der Waals surface area contributed by atoms with Crippen molar-refractivity contribution in [2.45, 2.75) is 17.7 Å². The Morgan fingerprint density at radius 1 is 1.07 bits per heavy atom. The van der Waals surface area contributed by atoms with E-state index in [4.69, 9.17) is 4.74 Å². The van der Waals surface area contributed by atoms with Crippen LogP contribution in [0.4, 0.5) is 13.2 Å². The summed E-state index contributed by atoms with van der Waals surface area (Å²) in [7, 11) is -5.42. The van der Waals surface area contributed by atoms with Crippen LogP contribution in [0.2, 0.25) is 0 Å². The van der Waals surface area contributed by atoms with E-state index in [1.54, 1.807) is 22.9 Å². The van der Waals surface area contributed by atoms with Crippen LogP contribution in [-0.2, 0) is 21.4 Å². The molecule has 1 aliphatic heterocycles. The van der Waals surface area contributed by atoms with Gasteiger partial charge in [-0.3, -0.25) is 0 Å². The van der Waals surface area contributed by atoms with Gasteiger partial charge >= 0.3 is 11.1 Å². The molecule has 1 aliphatic rings. The van der Waals surface area contributed by atoms with Crippen molar-refractivity contribution in [2.75, 3.05) is 0 Å². The topological polar surface area (TPSA) is 95.5 Å². The molecule has 0 fully saturated rings. The Kier molecular flexibility index (Phi) is 4.94. The molecule has 0 aromatic heterocycles. The molecule has 0 aliphatic carbocycles. The third kappa shape index (κ3) is 3.25. The number of sulfonamides is 1. The third-order valence-corrected chi connectivity index (χ3v) is 5.92. The van der Waals surface area contributed by atoms with E-state index in [0.29, 0.717) is 11.6 Å². The number of alkyl halides is 3. The van der Waals surface area contributed by atoms with Crippen LogP contribution < -0.4 is 14.6 Å². The molecule has 2 aromatic carbocycles. The van der Waals surface area contributed by atoms with E-state index in [9.17, 15) is 31.5 Å². The highest BCUT2D eigenvalue weighted by Gasteiger charge is 2.70. The first-order valence-electron chi connectivity index (χ1n) is 7.90. The molecule has 0 spiro atoms. The second kappa shape index (κ2) is 6.95.